The Morgan fingerprint density at radius 3 is 2.56 bits per heavy atom. The molecule has 0 unspecified atom stereocenters. The van der Waals surface area contributed by atoms with E-state index < -0.39 is 0 Å². The molecule has 1 aromatic heterocycles. The second-order valence-corrected chi connectivity index (χ2v) is 6.99. The number of rotatable bonds is 5. The quantitative estimate of drug-likeness (QED) is 0.481. The largest absolute Gasteiger partial charge is 0.494 e. The first-order valence-electron chi connectivity index (χ1n) is 7.76. The summed E-state index contributed by atoms with van der Waals surface area (Å²) < 4.78 is 6.47. The van der Waals surface area contributed by atoms with Crippen LogP contribution in [-0.4, -0.2) is 11.6 Å². The Labute approximate surface area is 159 Å². The van der Waals surface area contributed by atoms with Crippen molar-refractivity contribution in [2.24, 2.45) is 0 Å². The normalized spacial score (nSPS) is 11.2. The van der Waals surface area contributed by atoms with Crippen molar-refractivity contribution >= 4 is 38.9 Å². The van der Waals surface area contributed by atoms with Crippen molar-refractivity contribution in [3.05, 3.63) is 69.0 Å². The van der Waals surface area contributed by atoms with Gasteiger partial charge in [-0.05, 0) is 42.8 Å². The second kappa shape index (κ2) is 8.11. The molecule has 1 heterocycles. The highest BCUT2D eigenvalue weighted by atomic mass is 79.9. The smallest absolute Gasteiger partial charge is 0.134 e. The van der Waals surface area contributed by atoms with Crippen LogP contribution in [0.3, 0.4) is 0 Å². The molecule has 3 aromatic rings. The van der Waals surface area contributed by atoms with E-state index in [-0.39, 0.29) is 0 Å². The first-order chi connectivity index (χ1) is 12.2. The minimum absolute atomic E-state index is 0.553. The molecule has 0 radical (unpaired) electrons. The lowest BCUT2D eigenvalue weighted by Crippen LogP contribution is -1.90. The van der Waals surface area contributed by atoms with Crippen molar-refractivity contribution in [3.8, 4) is 23.1 Å². The topological polar surface area (TPSA) is 45.9 Å². The molecule has 25 heavy (non-hydrogen) atoms. The molecule has 2 aromatic carbocycles. The van der Waals surface area contributed by atoms with Gasteiger partial charge in [-0.1, -0.05) is 40.2 Å². The van der Waals surface area contributed by atoms with E-state index in [1.54, 1.807) is 0 Å². The average molecular weight is 411 g/mol. The molecule has 0 aliphatic carbocycles. The summed E-state index contributed by atoms with van der Waals surface area (Å²) in [4.78, 5) is 4.61. The zero-order chi connectivity index (χ0) is 17.6. The summed E-state index contributed by atoms with van der Waals surface area (Å²) in [5, 5.41) is 12.2. The number of nitriles is 1. The minimum atomic E-state index is 0.553. The van der Waals surface area contributed by atoms with Gasteiger partial charge in [0.15, 0.2) is 0 Å². The van der Waals surface area contributed by atoms with E-state index in [0.717, 1.165) is 27.0 Å². The Kier molecular flexibility index (Phi) is 5.64. The predicted molar refractivity (Wildman–Crippen MR) is 106 cm³/mol. The second-order valence-electron chi connectivity index (χ2n) is 5.22. The third kappa shape index (κ3) is 4.36. The number of ether oxygens (including phenoxy) is 1. The summed E-state index contributed by atoms with van der Waals surface area (Å²) in [6.07, 6.45) is 1.85. The van der Waals surface area contributed by atoms with Crippen LogP contribution in [0.5, 0.6) is 5.75 Å². The van der Waals surface area contributed by atoms with Crippen LogP contribution >= 0.6 is 27.3 Å². The summed E-state index contributed by atoms with van der Waals surface area (Å²) >= 11 is 4.90. The average Bonchev–Trinajstić information content (AvgIpc) is 3.12. The fourth-order valence-electron chi connectivity index (χ4n) is 2.29. The summed E-state index contributed by atoms with van der Waals surface area (Å²) in [6.45, 7) is 2.59. The Bertz CT molecular complexity index is 922. The molecule has 0 spiro atoms. The van der Waals surface area contributed by atoms with Crippen LogP contribution in [0.2, 0.25) is 0 Å². The summed E-state index contributed by atoms with van der Waals surface area (Å²) in [5.74, 6) is 0.824. The molecule has 124 valence electrons. The lowest BCUT2D eigenvalue weighted by Gasteiger charge is -2.02. The Hall–Kier alpha value is -2.42. The summed E-state index contributed by atoms with van der Waals surface area (Å²) in [7, 11) is 0. The van der Waals surface area contributed by atoms with Crippen molar-refractivity contribution < 1.29 is 4.74 Å². The number of hydrogen-bond donors (Lipinski definition) is 0. The van der Waals surface area contributed by atoms with Crippen molar-refractivity contribution in [2.75, 3.05) is 6.61 Å². The molecular weight excluding hydrogens is 396 g/mol. The van der Waals surface area contributed by atoms with Crippen LogP contribution in [0, 0.1) is 11.3 Å². The molecule has 3 nitrogen and oxygen atoms in total. The predicted octanol–water partition coefficient (Wildman–Crippen LogP) is 6.04. The van der Waals surface area contributed by atoms with Gasteiger partial charge in [-0.2, -0.15) is 5.26 Å². The number of allylic oxidation sites excluding steroid dienone is 1. The van der Waals surface area contributed by atoms with Gasteiger partial charge in [0.05, 0.1) is 17.9 Å². The van der Waals surface area contributed by atoms with E-state index in [2.05, 4.69) is 27.0 Å². The maximum atomic E-state index is 9.51. The fourth-order valence-corrected chi connectivity index (χ4v) is 3.35. The molecule has 0 saturated heterocycles. The molecule has 3 rings (SSSR count). The molecule has 0 saturated carbocycles. The SMILES string of the molecule is CCOc1ccc(/C=C(\C#N)c2nc(-c3ccc(Br)cc3)cs2)cc1. The van der Waals surface area contributed by atoms with E-state index in [9.17, 15) is 5.26 Å². The molecule has 0 atom stereocenters. The Morgan fingerprint density at radius 1 is 1.20 bits per heavy atom. The molecule has 0 bridgehead atoms. The van der Waals surface area contributed by atoms with Crippen LogP contribution < -0.4 is 4.74 Å². The van der Waals surface area contributed by atoms with Crippen LogP contribution in [0.4, 0.5) is 0 Å². The first kappa shape index (κ1) is 17.4. The molecule has 0 aliphatic heterocycles. The maximum absolute atomic E-state index is 9.51. The zero-order valence-corrected chi connectivity index (χ0v) is 16.0. The van der Waals surface area contributed by atoms with Gasteiger partial charge in [-0.15, -0.1) is 11.3 Å². The van der Waals surface area contributed by atoms with Crippen LogP contribution in [0.25, 0.3) is 22.9 Å². The number of nitrogens with zero attached hydrogens (tertiary/aromatic N) is 2. The van der Waals surface area contributed by atoms with Gasteiger partial charge in [0.1, 0.15) is 16.8 Å². The zero-order valence-electron chi connectivity index (χ0n) is 13.6. The third-order valence-electron chi connectivity index (χ3n) is 3.50. The minimum Gasteiger partial charge on any atom is -0.494 e. The Balaban J connectivity index is 1.86. The van der Waals surface area contributed by atoms with E-state index in [0.29, 0.717) is 17.2 Å². The van der Waals surface area contributed by atoms with Crippen LogP contribution in [0.1, 0.15) is 17.5 Å². The van der Waals surface area contributed by atoms with Gasteiger partial charge in [0.25, 0.3) is 0 Å². The van der Waals surface area contributed by atoms with Gasteiger partial charge in [-0.25, -0.2) is 4.98 Å². The van der Waals surface area contributed by atoms with Crippen LogP contribution in [0.15, 0.2) is 58.4 Å². The molecule has 0 fully saturated rings. The summed E-state index contributed by atoms with van der Waals surface area (Å²) in [5.41, 5.74) is 3.40. The lowest BCUT2D eigenvalue weighted by atomic mass is 10.1. The first-order valence-corrected chi connectivity index (χ1v) is 9.43. The van der Waals surface area contributed by atoms with Crippen LogP contribution in [-0.2, 0) is 0 Å². The lowest BCUT2D eigenvalue weighted by molar-refractivity contribution is 0.340. The number of hydrogen-bond acceptors (Lipinski definition) is 4. The summed E-state index contributed by atoms with van der Waals surface area (Å²) in [6, 6.07) is 17.9. The highest BCUT2D eigenvalue weighted by Gasteiger charge is 2.09. The van der Waals surface area contributed by atoms with Crippen molar-refractivity contribution in [2.45, 2.75) is 6.92 Å². The van der Waals surface area contributed by atoms with Gasteiger partial charge in [0.2, 0.25) is 0 Å². The number of aromatic nitrogens is 1. The van der Waals surface area contributed by atoms with E-state index in [1.165, 1.54) is 11.3 Å². The van der Waals surface area contributed by atoms with Crippen molar-refractivity contribution in [1.29, 1.82) is 5.26 Å². The number of halogens is 1. The number of thiazole rings is 1. The molecular formula is C20H15BrN2OS. The highest BCUT2D eigenvalue weighted by Crippen LogP contribution is 2.28. The Morgan fingerprint density at radius 2 is 1.92 bits per heavy atom. The monoisotopic (exact) mass is 410 g/mol. The maximum Gasteiger partial charge on any atom is 0.134 e. The van der Waals surface area contributed by atoms with E-state index in [4.69, 9.17) is 4.74 Å². The highest BCUT2D eigenvalue weighted by molar-refractivity contribution is 9.10. The van der Waals surface area contributed by atoms with E-state index in [1.807, 2.05) is 66.9 Å². The van der Waals surface area contributed by atoms with Gasteiger partial charge in [-0.3, -0.25) is 0 Å². The van der Waals surface area contributed by atoms with Crippen molar-refractivity contribution in [3.63, 3.8) is 0 Å². The van der Waals surface area contributed by atoms with Gasteiger partial charge >= 0.3 is 0 Å². The molecule has 0 aliphatic rings. The molecule has 5 heteroatoms. The molecule has 0 amide bonds. The number of benzene rings is 2. The standard InChI is InChI=1S/C20H15BrN2OS/c1-2-24-18-9-3-14(4-10-18)11-16(12-22)20-23-19(13-25-20)15-5-7-17(21)8-6-15/h3-11,13H,2H2,1H3/b16-11+. The van der Waals surface area contributed by atoms with Gasteiger partial charge < -0.3 is 4.74 Å². The van der Waals surface area contributed by atoms with Crippen molar-refractivity contribution in [1.82, 2.24) is 4.98 Å². The third-order valence-corrected chi connectivity index (χ3v) is 4.90. The molecule has 0 N–H and O–H groups in total. The fraction of sp³-hybridized carbons (Fsp3) is 0.100. The van der Waals surface area contributed by atoms with Gasteiger partial charge in [0, 0.05) is 15.4 Å². The van der Waals surface area contributed by atoms with E-state index >= 15 is 0 Å².